The molecule has 0 saturated heterocycles. The molecule has 2 heterocycles. The predicted octanol–water partition coefficient (Wildman–Crippen LogP) is 4.34. The zero-order chi connectivity index (χ0) is 18.6. The van der Waals surface area contributed by atoms with Gasteiger partial charge >= 0.3 is 0 Å². The van der Waals surface area contributed by atoms with Gasteiger partial charge in [-0.2, -0.15) is 0 Å². The van der Waals surface area contributed by atoms with Crippen LogP contribution in [0, 0.1) is 0 Å². The molecule has 5 heteroatoms. The summed E-state index contributed by atoms with van der Waals surface area (Å²) in [6, 6.07) is 20.0. The molecular formula is C22H20N4O. The molecule has 0 amide bonds. The highest BCUT2D eigenvalue weighted by Crippen LogP contribution is 2.27. The minimum absolute atomic E-state index is 0.679. The standard InChI is InChI=1S/C22H20N4O/c1-26(15-16-9-11-18(27-2)12-10-16)22-19-7-3-4-8-20(19)24-21(25-22)17-6-5-13-23-14-17/h3-14H,15H2,1-2H3. The van der Waals surface area contributed by atoms with Crippen molar-refractivity contribution in [2.24, 2.45) is 0 Å². The third-order valence-corrected chi connectivity index (χ3v) is 4.44. The lowest BCUT2D eigenvalue weighted by Crippen LogP contribution is -2.18. The number of anilines is 1. The van der Waals surface area contributed by atoms with Crippen LogP contribution in [-0.4, -0.2) is 29.1 Å². The molecule has 5 nitrogen and oxygen atoms in total. The first-order chi connectivity index (χ1) is 13.2. The largest absolute Gasteiger partial charge is 0.497 e. The van der Waals surface area contributed by atoms with Gasteiger partial charge in [-0.1, -0.05) is 24.3 Å². The Balaban J connectivity index is 1.74. The Hall–Kier alpha value is -3.47. The summed E-state index contributed by atoms with van der Waals surface area (Å²) < 4.78 is 5.24. The second-order valence-electron chi connectivity index (χ2n) is 6.33. The van der Waals surface area contributed by atoms with E-state index in [0.29, 0.717) is 5.82 Å². The van der Waals surface area contributed by atoms with Crippen molar-refractivity contribution in [3.8, 4) is 17.1 Å². The molecule has 0 aliphatic heterocycles. The molecule has 0 radical (unpaired) electrons. The van der Waals surface area contributed by atoms with E-state index in [1.165, 1.54) is 5.56 Å². The Bertz CT molecular complexity index is 1050. The summed E-state index contributed by atoms with van der Waals surface area (Å²) in [5, 5.41) is 1.03. The van der Waals surface area contributed by atoms with E-state index in [-0.39, 0.29) is 0 Å². The third kappa shape index (κ3) is 3.58. The zero-order valence-corrected chi connectivity index (χ0v) is 15.3. The average Bonchev–Trinajstić information content (AvgIpc) is 2.74. The molecule has 0 bridgehead atoms. The normalized spacial score (nSPS) is 10.7. The molecule has 0 fully saturated rings. The fourth-order valence-electron chi connectivity index (χ4n) is 3.05. The minimum atomic E-state index is 0.679. The Labute approximate surface area is 158 Å². The van der Waals surface area contributed by atoms with Crippen LogP contribution in [0.4, 0.5) is 5.82 Å². The second kappa shape index (κ2) is 7.41. The highest BCUT2D eigenvalue weighted by Gasteiger charge is 2.13. The molecule has 0 saturated carbocycles. The Morgan fingerprint density at radius 3 is 2.48 bits per heavy atom. The van der Waals surface area contributed by atoms with E-state index in [1.807, 2.05) is 49.5 Å². The first-order valence-corrected chi connectivity index (χ1v) is 8.76. The number of ether oxygens (including phenoxy) is 1. The van der Waals surface area contributed by atoms with Gasteiger partial charge in [0.2, 0.25) is 0 Å². The summed E-state index contributed by atoms with van der Waals surface area (Å²) in [6.45, 7) is 0.734. The van der Waals surface area contributed by atoms with Gasteiger partial charge in [-0.25, -0.2) is 9.97 Å². The van der Waals surface area contributed by atoms with Gasteiger partial charge in [-0.15, -0.1) is 0 Å². The van der Waals surface area contributed by atoms with Gasteiger partial charge < -0.3 is 9.64 Å². The van der Waals surface area contributed by atoms with E-state index in [9.17, 15) is 0 Å². The van der Waals surface area contributed by atoms with Crippen LogP contribution >= 0.6 is 0 Å². The SMILES string of the molecule is COc1ccc(CN(C)c2nc(-c3cccnc3)nc3ccccc23)cc1. The van der Waals surface area contributed by atoms with Crippen molar-refractivity contribution >= 4 is 16.7 Å². The van der Waals surface area contributed by atoms with Crippen molar-refractivity contribution in [1.82, 2.24) is 15.0 Å². The van der Waals surface area contributed by atoms with E-state index >= 15 is 0 Å². The molecule has 0 spiro atoms. The maximum atomic E-state index is 5.24. The molecule has 0 aliphatic carbocycles. The zero-order valence-electron chi connectivity index (χ0n) is 15.3. The number of methoxy groups -OCH3 is 1. The van der Waals surface area contributed by atoms with Crippen molar-refractivity contribution in [2.45, 2.75) is 6.54 Å². The summed E-state index contributed by atoms with van der Waals surface area (Å²) in [6.07, 6.45) is 3.54. The molecule has 0 aliphatic rings. The van der Waals surface area contributed by atoms with Crippen LogP contribution < -0.4 is 9.64 Å². The number of pyridine rings is 1. The summed E-state index contributed by atoms with van der Waals surface area (Å²) >= 11 is 0. The number of aromatic nitrogens is 3. The summed E-state index contributed by atoms with van der Waals surface area (Å²) in [4.78, 5) is 15.9. The first-order valence-electron chi connectivity index (χ1n) is 8.76. The third-order valence-electron chi connectivity index (χ3n) is 4.44. The molecular weight excluding hydrogens is 336 g/mol. The number of rotatable bonds is 5. The number of fused-ring (bicyclic) bond motifs is 1. The lowest BCUT2D eigenvalue weighted by molar-refractivity contribution is 0.414. The first kappa shape index (κ1) is 17.0. The lowest BCUT2D eigenvalue weighted by Gasteiger charge is -2.21. The van der Waals surface area contributed by atoms with Crippen molar-refractivity contribution in [3.63, 3.8) is 0 Å². The van der Waals surface area contributed by atoms with Crippen LogP contribution in [0.15, 0.2) is 73.1 Å². The fourth-order valence-corrected chi connectivity index (χ4v) is 3.05. The lowest BCUT2D eigenvalue weighted by atomic mass is 10.1. The van der Waals surface area contributed by atoms with Gasteiger partial charge in [0.1, 0.15) is 11.6 Å². The fraction of sp³-hybridized carbons (Fsp3) is 0.136. The van der Waals surface area contributed by atoms with E-state index in [1.54, 1.807) is 19.5 Å². The van der Waals surface area contributed by atoms with Gasteiger partial charge in [0.05, 0.1) is 12.6 Å². The van der Waals surface area contributed by atoms with Gasteiger partial charge in [0.15, 0.2) is 5.82 Å². The van der Waals surface area contributed by atoms with E-state index < -0.39 is 0 Å². The van der Waals surface area contributed by atoms with Gasteiger partial charge in [-0.05, 0) is 42.0 Å². The maximum absolute atomic E-state index is 5.24. The van der Waals surface area contributed by atoms with Crippen LogP contribution in [-0.2, 0) is 6.54 Å². The van der Waals surface area contributed by atoms with Crippen LogP contribution in [0.3, 0.4) is 0 Å². The molecule has 0 N–H and O–H groups in total. The number of hydrogen-bond donors (Lipinski definition) is 0. The molecule has 4 aromatic rings. The van der Waals surface area contributed by atoms with E-state index in [0.717, 1.165) is 34.6 Å². The molecule has 2 aromatic heterocycles. The van der Waals surface area contributed by atoms with Crippen LogP contribution in [0.2, 0.25) is 0 Å². The Morgan fingerprint density at radius 2 is 1.74 bits per heavy atom. The minimum Gasteiger partial charge on any atom is -0.497 e. The molecule has 0 unspecified atom stereocenters. The second-order valence-corrected chi connectivity index (χ2v) is 6.33. The topological polar surface area (TPSA) is 51.1 Å². The summed E-state index contributed by atoms with van der Waals surface area (Å²) in [7, 11) is 3.72. The van der Waals surface area contributed by atoms with Crippen molar-refractivity contribution in [2.75, 3.05) is 19.1 Å². The van der Waals surface area contributed by atoms with Gasteiger partial charge in [0, 0.05) is 36.9 Å². The highest BCUT2D eigenvalue weighted by molar-refractivity contribution is 5.90. The van der Waals surface area contributed by atoms with Crippen LogP contribution in [0.5, 0.6) is 5.75 Å². The summed E-state index contributed by atoms with van der Waals surface area (Å²) in [5.41, 5.74) is 3.01. The summed E-state index contributed by atoms with van der Waals surface area (Å²) in [5.74, 6) is 2.43. The molecule has 0 atom stereocenters. The molecule has 27 heavy (non-hydrogen) atoms. The number of para-hydroxylation sites is 1. The van der Waals surface area contributed by atoms with Crippen LogP contribution in [0.1, 0.15) is 5.56 Å². The van der Waals surface area contributed by atoms with Crippen molar-refractivity contribution in [1.29, 1.82) is 0 Å². The maximum Gasteiger partial charge on any atom is 0.163 e. The smallest absolute Gasteiger partial charge is 0.163 e. The number of benzene rings is 2. The Morgan fingerprint density at radius 1 is 0.926 bits per heavy atom. The van der Waals surface area contributed by atoms with Crippen LogP contribution in [0.25, 0.3) is 22.3 Å². The molecule has 2 aromatic carbocycles. The Kier molecular flexibility index (Phi) is 4.66. The van der Waals surface area contributed by atoms with Crippen molar-refractivity contribution < 1.29 is 4.74 Å². The highest BCUT2D eigenvalue weighted by atomic mass is 16.5. The number of nitrogens with zero attached hydrogens (tertiary/aromatic N) is 4. The molecule has 134 valence electrons. The van der Waals surface area contributed by atoms with Gasteiger partial charge in [0.25, 0.3) is 0 Å². The number of hydrogen-bond acceptors (Lipinski definition) is 5. The quantitative estimate of drug-likeness (QED) is 0.532. The van der Waals surface area contributed by atoms with E-state index in [2.05, 4.69) is 28.1 Å². The van der Waals surface area contributed by atoms with E-state index in [4.69, 9.17) is 14.7 Å². The van der Waals surface area contributed by atoms with Crippen molar-refractivity contribution in [3.05, 3.63) is 78.6 Å². The predicted molar refractivity (Wildman–Crippen MR) is 108 cm³/mol. The molecule has 4 rings (SSSR count). The van der Waals surface area contributed by atoms with Gasteiger partial charge in [-0.3, -0.25) is 4.98 Å². The average molecular weight is 356 g/mol. The monoisotopic (exact) mass is 356 g/mol.